The zero-order valence-electron chi connectivity index (χ0n) is 11.8. The fourth-order valence-corrected chi connectivity index (χ4v) is 2.85. The third-order valence-electron chi connectivity index (χ3n) is 3.52. The topological polar surface area (TPSA) is 39.1 Å². The van der Waals surface area contributed by atoms with Crippen LogP contribution >= 0.6 is 0 Å². The molecule has 0 aromatic heterocycles. The third kappa shape index (κ3) is 5.06. The average Bonchev–Trinajstić information content (AvgIpc) is 2.25. The van der Waals surface area contributed by atoms with E-state index in [1.807, 2.05) is 0 Å². The predicted molar refractivity (Wildman–Crippen MR) is 71.7 cm³/mol. The Balaban J connectivity index is 2.40. The van der Waals surface area contributed by atoms with Gasteiger partial charge in [-0.05, 0) is 32.4 Å². The van der Waals surface area contributed by atoms with Crippen LogP contribution in [0.1, 0.15) is 39.5 Å². The Morgan fingerprint density at radius 2 is 1.94 bits per heavy atom. The van der Waals surface area contributed by atoms with Gasteiger partial charge in [-0.3, -0.25) is 0 Å². The van der Waals surface area contributed by atoms with Crippen LogP contribution in [-0.2, 0) is 0 Å². The second kappa shape index (κ2) is 6.37. The normalized spacial score (nSPS) is 25.9. The summed E-state index contributed by atoms with van der Waals surface area (Å²) in [6, 6.07) is 2.87. The molecular formula is C14H27N3. The van der Waals surface area contributed by atoms with Crippen molar-refractivity contribution in [1.82, 2.24) is 10.2 Å². The van der Waals surface area contributed by atoms with E-state index in [9.17, 15) is 0 Å². The maximum absolute atomic E-state index is 9.14. The van der Waals surface area contributed by atoms with Crippen molar-refractivity contribution in [3.8, 4) is 6.07 Å². The van der Waals surface area contributed by atoms with Gasteiger partial charge in [0.1, 0.15) is 0 Å². The molecule has 17 heavy (non-hydrogen) atoms. The first-order valence-electron chi connectivity index (χ1n) is 6.72. The van der Waals surface area contributed by atoms with Gasteiger partial charge in [0.25, 0.3) is 0 Å². The number of hydrogen-bond donors (Lipinski definition) is 1. The highest BCUT2D eigenvalue weighted by molar-refractivity contribution is 4.95. The first-order chi connectivity index (χ1) is 7.94. The molecule has 0 aromatic carbocycles. The minimum Gasteiger partial charge on any atom is -0.312 e. The maximum atomic E-state index is 9.14. The zero-order chi connectivity index (χ0) is 12.9. The highest BCUT2D eigenvalue weighted by Gasteiger charge is 2.27. The van der Waals surface area contributed by atoms with Crippen molar-refractivity contribution in [3.63, 3.8) is 0 Å². The molecule has 0 amide bonds. The Morgan fingerprint density at radius 1 is 1.29 bits per heavy atom. The van der Waals surface area contributed by atoms with Gasteiger partial charge in [0.05, 0.1) is 12.0 Å². The number of nitrogens with one attached hydrogen (secondary N) is 1. The summed E-state index contributed by atoms with van der Waals surface area (Å²) in [5, 5.41) is 12.8. The summed E-state index contributed by atoms with van der Waals surface area (Å²) >= 11 is 0. The Hall–Kier alpha value is -0.590. The van der Waals surface area contributed by atoms with Crippen molar-refractivity contribution >= 4 is 0 Å². The van der Waals surface area contributed by atoms with Crippen molar-refractivity contribution in [1.29, 1.82) is 5.26 Å². The second-order valence-electron chi connectivity index (χ2n) is 6.41. The summed E-state index contributed by atoms with van der Waals surface area (Å²) in [7, 11) is 4.22. The summed E-state index contributed by atoms with van der Waals surface area (Å²) < 4.78 is 0. The van der Waals surface area contributed by atoms with Crippen molar-refractivity contribution in [2.75, 3.05) is 27.2 Å². The summed E-state index contributed by atoms with van der Waals surface area (Å²) in [5.41, 5.74) is 0.265. The second-order valence-corrected chi connectivity index (χ2v) is 6.41. The molecule has 98 valence electrons. The Kier molecular flexibility index (Phi) is 5.42. The molecule has 2 unspecified atom stereocenters. The quantitative estimate of drug-likeness (QED) is 0.797. The molecule has 0 bridgehead atoms. The minimum absolute atomic E-state index is 0.221. The molecule has 3 heteroatoms. The number of nitriles is 1. The van der Waals surface area contributed by atoms with Crippen LogP contribution in [-0.4, -0.2) is 38.1 Å². The molecule has 3 nitrogen and oxygen atoms in total. The number of nitrogens with zero attached hydrogens (tertiary/aromatic N) is 2. The summed E-state index contributed by atoms with van der Waals surface area (Å²) in [6.45, 7) is 6.63. The lowest BCUT2D eigenvalue weighted by Crippen LogP contribution is -2.45. The first kappa shape index (κ1) is 14.5. The summed E-state index contributed by atoms with van der Waals surface area (Å²) in [6.07, 6.45) is 4.72. The number of hydrogen-bond acceptors (Lipinski definition) is 3. The molecule has 1 aliphatic carbocycles. The Labute approximate surface area is 106 Å². The lowest BCUT2D eigenvalue weighted by Gasteiger charge is -2.34. The minimum atomic E-state index is 0.221. The van der Waals surface area contributed by atoms with Crippen LogP contribution in [0, 0.1) is 22.7 Å². The van der Waals surface area contributed by atoms with Gasteiger partial charge in [0.2, 0.25) is 0 Å². The van der Waals surface area contributed by atoms with E-state index in [-0.39, 0.29) is 11.3 Å². The van der Waals surface area contributed by atoms with Crippen molar-refractivity contribution < 1.29 is 0 Å². The smallest absolute Gasteiger partial charge is 0.0672 e. The van der Waals surface area contributed by atoms with Gasteiger partial charge in [-0.15, -0.1) is 0 Å². The summed E-state index contributed by atoms with van der Waals surface area (Å²) in [5.74, 6) is 0.221. The molecular weight excluding hydrogens is 210 g/mol. The molecule has 1 fully saturated rings. The van der Waals surface area contributed by atoms with Crippen LogP contribution in [0.2, 0.25) is 0 Å². The van der Waals surface area contributed by atoms with E-state index in [0.29, 0.717) is 6.04 Å². The Morgan fingerprint density at radius 3 is 2.53 bits per heavy atom. The van der Waals surface area contributed by atoms with E-state index < -0.39 is 0 Å². The lowest BCUT2D eigenvalue weighted by atomic mass is 9.84. The lowest BCUT2D eigenvalue weighted by molar-refractivity contribution is 0.207. The van der Waals surface area contributed by atoms with Gasteiger partial charge >= 0.3 is 0 Å². The molecule has 1 rings (SSSR count). The van der Waals surface area contributed by atoms with E-state index in [1.165, 1.54) is 12.8 Å². The van der Waals surface area contributed by atoms with Crippen LogP contribution in [0.4, 0.5) is 0 Å². The molecule has 0 heterocycles. The van der Waals surface area contributed by atoms with Gasteiger partial charge in [0.15, 0.2) is 0 Å². The fraction of sp³-hybridized carbons (Fsp3) is 0.929. The van der Waals surface area contributed by atoms with Crippen LogP contribution < -0.4 is 5.32 Å². The standard InChI is InChI=1S/C14H27N3/c1-14(2,11-17(3)4)10-16-13-8-6-5-7-12(13)9-15/h12-13,16H,5-8,10-11H2,1-4H3. The third-order valence-corrected chi connectivity index (χ3v) is 3.52. The predicted octanol–water partition coefficient (Wildman–Crippen LogP) is 2.25. The fourth-order valence-electron chi connectivity index (χ4n) is 2.85. The van der Waals surface area contributed by atoms with E-state index in [1.54, 1.807) is 0 Å². The van der Waals surface area contributed by atoms with Gasteiger partial charge < -0.3 is 10.2 Å². The molecule has 0 aromatic rings. The summed E-state index contributed by atoms with van der Waals surface area (Å²) in [4.78, 5) is 2.23. The monoisotopic (exact) mass is 237 g/mol. The SMILES string of the molecule is CN(C)CC(C)(C)CNC1CCCCC1C#N. The average molecular weight is 237 g/mol. The van der Waals surface area contributed by atoms with E-state index in [0.717, 1.165) is 25.9 Å². The molecule has 1 aliphatic rings. The van der Waals surface area contributed by atoms with Gasteiger partial charge in [-0.2, -0.15) is 5.26 Å². The highest BCUT2D eigenvalue weighted by atomic mass is 15.1. The van der Waals surface area contributed by atoms with Crippen molar-refractivity contribution in [2.24, 2.45) is 11.3 Å². The molecule has 1 N–H and O–H groups in total. The maximum Gasteiger partial charge on any atom is 0.0672 e. The van der Waals surface area contributed by atoms with E-state index >= 15 is 0 Å². The van der Waals surface area contributed by atoms with Crippen molar-refractivity contribution in [2.45, 2.75) is 45.6 Å². The van der Waals surface area contributed by atoms with E-state index in [2.05, 4.69) is 44.2 Å². The molecule has 2 atom stereocenters. The van der Waals surface area contributed by atoms with Gasteiger partial charge in [-0.1, -0.05) is 26.7 Å². The molecule has 1 saturated carbocycles. The number of rotatable bonds is 5. The van der Waals surface area contributed by atoms with Crippen LogP contribution in [0.3, 0.4) is 0 Å². The van der Waals surface area contributed by atoms with Gasteiger partial charge in [-0.25, -0.2) is 0 Å². The van der Waals surface area contributed by atoms with E-state index in [4.69, 9.17) is 5.26 Å². The van der Waals surface area contributed by atoms with Crippen LogP contribution in [0.5, 0.6) is 0 Å². The molecule has 0 aliphatic heterocycles. The van der Waals surface area contributed by atoms with Crippen LogP contribution in [0.25, 0.3) is 0 Å². The largest absolute Gasteiger partial charge is 0.312 e. The molecule has 0 radical (unpaired) electrons. The zero-order valence-corrected chi connectivity index (χ0v) is 11.8. The van der Waals surface area contributed by atoms with Crippen molar-refractivity contribution in [3.05, 3.63) is 0 Å². The highest BCUT2D eigenvalue weighted by Crippen LogP contribution is 2.25. The first-order valence-corrected chi connectivity index (χ1v) is 6.72. The van der Waals surface area contributed by atoms with Gasteiger partial charge in [0, 0.05) is 19.1 Å². The Bertz CT molecular complexity index is 265. The molecule has 0 spiro atoms. The molecule has 0 saturated heterocycles. The van der Waals surface area contributed by atoms with Crippen LogP contribution in [0.15, 0.2) is 0 Å².